The summed E-state index contributed by atoms with van der Waals surface area (Å²) in [6, 6.07) is 18.1. The maximum absolute atomic E-state index is 13.8. The van der Waals surface area contributed by atoms with Gasteiger partial charge in [0, 0.05) is 61.5 Å². The fourth-order valence-corrected chi connectivity index (χ4v) is 5.27. The number of carbonyl (C=O) groups is 1. The van der Waals surface area contributed by atoms with Crippen LogP contribution in [-0.2, 0) is 4.79 Å². The molecule has 3 aromatic rings. The first-order chi connectivity index (χ1) is 16.8. The van der Waals surface area contributed by atoms with Crippen molar-refractivity contribution in [2.24, 2.45) is 17.1 Å². The molecule has 1 amide bonds. The van der Waals surface area contributed by atoms with E-state index in [0.717, 1.165) is 17.3 Å². The summed E-state index contributed by atoms with van der Waals surface area (Å²) in [7, 11) is 0. The summed E-state index contributed by atoms with van der Waals surface area (Å²) in [4.78, 5) is 17.0. The Kier molecular flexibility index (Phi) is 6.15. The van der Waals surface area contributed by atoms with E-state index in [0.29, 0.717) is 38.4 Å². The van der Waals surface area contributed by atoms with Crippen molar-refractivity contribution in [2.75, 3.05) is 42.9 Å². The van der Waals surface area contributed by atoms with Crippen molar-refractivity contribution < 1.29 is 18.0 Å². The molecule has 2 aliphatic rings. The minimum absolute atomic E-state index is 0.0779. The first-order valence-corrected chi connectivity index (χ1v) is 11.6. The summed E-state index contributed by atoms with van der Waals surface area (Å²) >= 11 is 0. The lowest BCUT2D eigenvalue weighted by Gasteiger charge is -2.52. The standard InChI is InChI=1S/C27H27F3N4O/c28-20-6-8-23(9-7-20)32-13-19-14-33(26(35)25(31)18-4-2-1-3-5-18)15-27(19)16-34(17-27)24-11-21(29)10-22(30)12-24/h1-12,19,25,32H,13-17,31H2/t19?,25-/m1/s1. The van der Waals surface area contributed by atoms with Gasteiger partial charge in [0.15, 0.2) is 0 Å². The lowest BCUT2D eigenvalue weighted by molar-refractivity contribution is -0.132. The molecule has 0 saturated carbocycles. The SMILES string of the molecule is N[C@@H](C(=O)N1CC(CNc2ccc(F)cc2)C2(C1)CN(c1cc(F)cc(F)c1)C2)c1ccccc1. The van der Waals surface area contributed by atoms with Crippen molar-refractivity contribution >= 4 is 17.3 Å². The maximum Gasteiger partial charge on any atom is 0.244 e. The van der Waals surface area contributed by atoms with E-state index in [1.54, 1.807) is 17.0 Å². The molecule has 2 fully saturated rings. The fraction of sp³-hybridized carbons (Fsp3) is 0.296. The zero-order chi connectivity index (χ0) is 24.6. The third kappa shape index (κ3) is 4.71. The molecule has 182 valence electrons. The largest absolute Gasteiger partial charge is 0.385 e. The first-order valence-electron chi connectivity index (χ1n) is 11.6. The Morgan fingerprint density at radius 3 is 2.26 bits per heavy atom. The molecule has 5 nitrogen and oxygen atoms in total. The van der Waals surface area contributed by atoms with Gasteiger partial charge < -0.3 is 20.9 Å². The molecule has 1 spiro atoms. The quantitative estimate of drug-likeness (QED) is 0.556. The van der Waals surface area contributed by atoms with Crippen LogP contribution in [-0.4, -0.2) is 43.5 Å². The highest BCUT2D eigenvalue weighted by Crippen LogP contribution is 2.46. The Labute approximate surface area is 202 Å². The average Bonchev–Trinajstić information content (AvgIpc) is 3.22. The minimum Gasteiger partial charge on any atom is -0.385 e. The van der Waals surface area contributed by atoms with Crippen molar-refractivity contribution in [2.45, 2.75) is 6.04 Å². The van der Waals surface area contributed by atoms with Crippen molar-refractivity contribution in [1.29, 1.82) is 0 Å². The molecule has 2 saturated heterocycles. The summed E-state index contributed by atoms with van der Waals surface area (Å²) in [6.45, 7) is 2.72. The van der Waals surface area contributed by atoms with Crippen molar-refractivity contribution in [1.82, 2.24) is 4.90 Å². The van der Waals surface area contributed by atoms with Crippen LogP contribution in [0.5, 0.6) is 0 Å². The number of hydrogen-bond acceptors (Lipinski definition) is 4. The first kappa shape index (κ1) is 23.2. The van der Waals surface area contributed by atoms with Gasteiger partial charge in [-0.1, -0.05) is 30.3 Å². The summed E-state index contributed by atoms with van der Waals surface area (Å²) in [5.41, 5.74) is 8.09. The molecule has 0 aromatic heterocycles. The predicted octanol–water partition coefficient (Wildman–Crippen LogP) is 4.18. The van der Waals surface area contributed by atoms with Crippen LogP contribution in [0.25, 0.3) is 0 Å². The number of amides is 1. The third-order valence-electron chi connectivity index (χ3n) is 7.17. The van der Waals surface area contributed by atoms with Gasteiger partial charge in [-0.15, -0.1) is 0 Å². The van der Waals surface area contributed by atoms with Gasteiger partial charge in [-0.05, 0) is 42.0 Å². The zero-order valence-corrected chi connectivity index (χ0v) is 19.1. The summed E-state index contributed by atoms with van der Waals surface area (Å²) in [5, 5.41) is 3.36. The number of rotatable bonds is 6. The van der Waals surface area contributed by atoms with Crippen LogP contribution < -0.4 is 16.0 Å². The number of anilines is 2. The monoisotopic (exact) mass is 480 g/mol. The second kappa shape index (κ2) is 9.26. The number of benzene rings is 3. The van der Waals surface area contributed by atoms with Crippen LogP contribution in [0.15, 0.2) is 72.8 Å². The van der Waals surface area contributed by atoms with E-state index < -0.39 is 17.7 Å². The Morgan fingerprint density at radius 2 is 1.60 bits per heavy atom. The zero-order valence-electron chi connectivity index (χ0n) is 19.1. The van der Waals surface area contributed by atoms with E-state index in [2.05, 4.69) is 5.32 Å². The van der Waals surface area contributed by atoms with Crippen molar-refractivity contribution in [3.63, 3.8) is 0 Å². The molecule has 2 heterocycles. The van der Waals surface area contributed by atoms with E-state index in [4.69, 9.17) is 5.73 Å². The number of nitrogens with one attached hydrogen (secondary N) is 1. The lowest BCUT2D eigenvalue weighted by atomic mass is 9.71. The third-order valence-corrected chi connectivity index (χ3v) is 7.17. The second-order valence-electron chi connectivity index (χ2n) is 9.54. The average molecular weight is 481 g/mol. The lowest BCUT2D eigenvalue weighted by Crippen LogP contribution is -2.61. The number of halogens is 3. The highest BCUT2D eigenvalue weighted by molar-refractivity contribution is 5.83. The van der Waals surface area contributed by atoms with Crippen LogP contribution in [0.1, 0.15) is 11.6 Å². The van der Waals surface area contributed by atoms with Crippen LogP contribution in [0.2, 0.25) is 0 Å². The minimum atomic E-state index is -0.759. The van der Waals surface area contributed by atoms with Gasteiger partial charge in [-0.2, -0.15) is 0 Å². The molecule has 1 unspecified atom stereocenters. The maximum atomic E-state index is 13.8. The number of likely N-dealkylation sites (tertiary alicyclic amines) is 1. The van der Waals surface area contributed by atoms with Crippen molar-refractivity contribution in [3.05, 3.63) is 95.8 Å². The molecular formula is C27H27F3N4O. The Morgan fingerprint density at radius 1 is 0.943 bits per heavy atom. The fourth-order valence-electron chi connectivity index (χ4n) is 5.27. The summed E-state index contributed by atoms with van der Waals surface area (Å²) in [5.74, 6) is -1.61. The van der Waals surface area contributed by atoms with Crippen LogP contribution >= 0.6 is 0 Å². The van der Waals surface area contributed by atoms with Gasteiger partial charge in [-0.3, -0.25) is 4.79 Å². The topological polar surface area (TPSA) is 61.6 Å². The molecule has 8 heteroatoms. The van der Waals surface area contributed by atoms with Gasteiger partial charge in [0.25, 0.3) is 0 Å². The Bertz CT molecular complexity index is 1180. The Balaban J connectivity index is 1.34. The van der Waals surface area contributed by atoms with E-state index in [-0.39, 0.29) is 23.1 Å². The summed E-state index contributed by atoms with van der Waals surface area (Å²) in [6.07, 6.45) is 0. The molecule has 2 atom stereocenters. The van der Waals surface area contributed by atoms with E-state index in [1.165, 1.54) is 24.3 Å². The highest BCUT2D eigenvalue weighted by atomic mass is 19.1. The van der Waals surface area contributed by atoms with E-state index in [9.17, 15) is 18.0 Å². The number of nitrogens with zero attached hydrogens (tertiary/aromatic N) is 2. The van der Waals surface area contributed by atoms with Crippen LogP contribution in [0, 0.1) is 28.8 Å². The smallest absolute Gasteiger partial charge is 0.244 e. The number of hydrogen-bond donors (Lipinski definition) is 2. The molecule has 3 aromatic carbocycles. The molecule has 3 N–H and O–H groups in total. The van der Waals surface area contributed by atoms with Gasteiger partial charge in [0.05, 0.1) is 0 Å². The number of nitrogens with two attached hydrogens (primary N) is 1. The van der Waals surface area contributed by atoms with Gasteiger partial charge in [0.1, 0.15) is 23.5 Å². The van der Waals surface area contributed by atoms with Crippen LogP contribution in [0.3, 0.4) is 0 Å². The molecule has 0 aliphatic carbocycles. The molecule has 0 bridgehead atoms. The van der Waals surface area contributed by atoms with Gasteiger partial charge >= 0.3 is 0 Å². The second-order valence-corrected chi connectivity index (χ2v) is 9.54. The molecule has 5 rings (SSSR count). The summed E-state index contributed by atoms with van der Waals surface area (Å²) < 4.78 is 40.8. The van der Waals surface area contributed by atoms with Gasteiger partial charge in [-0.25, -0.2) is 13.2 Å². The predicted molar refractivity (Wildman–Crippen MR) is 129 cm³/mol. The molecule has 0 radical (unpaired) electrons. The van der Waals surface area contributed by atoms with E-state index >= 15 is 0 Å². The van der Waals surface area contributed by atoms with Gasteiger partial charge in [0.2, 0.25) is 5.91 Å². The molecular weight excluding hydrogens is 453 g/mol. The highest BCUT2D eigenvalue weighted by Gasteiger charge is 2.55. The molecule has 2 aliphatic heterocycles. The van der Waals surface area contributed by atoms with E-state index in [1.807, 2.05) is 35.2 Å². The number of carbonyl (C=O) groups excluding carboxylic acids is 1. The van der Waals surface area contributed by atoms with Crippen LogP contribution in [0.4, 0.5) is 24.5 Å². The molecule has 35 heavy (non-hydrogen) atoms. The normalized spacial score (nSPS) is 19.5. The van der Waals surface area contributed by atoms with Crippen molar-refractivity contribution in [3.8, 4) is 0 Å². The Hall–Kier alpha value is -3.52.